The van der Waals surface area contributed by atoms with E-state index in [9.17, 15) is 10.1 Å². The Morgan fingerprint density at radius 2 is 1.79 bits per heavy atom. The van der Waals surface area contributed by atoms with Crippen LogP contribution < -0.4 is 15.6 Å². The molecule has 2 heterocycles. The summed E-state index contributed by atoms with van der Waals surface area (Å²) in [6, 6.07) is 13.3. The van der Waals surface area contributed by atoms with E-state index in [4.69, 9.17) is 11.6 Å². The molecule has 0 aliphatic carbocycles. The van der Waals surface area contributed by atoms with Crippen molar-refractivity contribution < 1.29 is 4.92 Å². The first kappa shape index (κ1) is 22.4. The molecule has 0 unspecified atom stereocenters. The summed E-state index contributed by atoms with van der Waals surface area (Å²) in [6.07, 6.45) is 1.62. The number of benzene rings is 2. The van der Waals surface area contributed by atoms with Crippen LogP contribution in [0.5, 0.6) is 0 Å². The third-order valence-electron chi connectivity index (χ3n) is 4.97. The van der Waals surface area contributed by atoms with Gasteiger partial charge in [-0.05, 0) is 36.9 Å². The van der Waals surface area contributed by atoms with Gasteiger partial charge in [0.25, 0.3) is 5.69 Å². The molecule has 2 N–H and O–H groups in total. The molecule has 170 valence electrons. The van der Waals surface area contributed by atoms with Crippen molar-refractivity contribution in [2.75, 3.05) is 48.9 Å². The predicted octanol–water partition coefficient (Wildman–Crippen LogP) is 3.37. The second kappa shape index (κ2) is 10.2. The van der Waals surface area contributed by atoms with Crippen molar-refractivity contribution in [1.82, 2.24) is 19.9 Å². The van der Waals surface area contributed by atoms with E-state index in [0.29, 0.717) is 22.6 Å². The topological polar surface area (TPSA) is 125 Å². The number of hydrogen-bond acceptors (Lipinski definition) is 10. The second-order valence-corrected chi connectivity index (χ2v) is 7.86. The van der Waals surface area contributed by atoms with E-state index in [2.05, 4.69) is 47.6 Å². The van der Waals surface area contributed by atoms with Gasteiger partial charge in [0.15, 0.2) is 0 Å². The fourth-order valence-corrected chi connectivity index (χ4v) is 3.36. The summed E-state index contributed by atoms with van der Waals surface area (Å²) in [7, 11) is 2.07. The van der Waals surface area contributed by atoms with Gasteiger partial charge >= 0.3 is 0 Å². The summed E-state index contributed by atoms with van der Waals surface area (Å²) < 4.78 is 0. The molecule has 3 aromatic rings. The van der Waals surface area contributed by atoms with Gasteiger partial charge in [0.2, 0.25) is 17.8 Å². The van der Waals surface area contributed by atoms with Crippen molar-refractivity contribution in [1.29, 1.82) is 0 Å². The number of nitrogens with zero attached hydrogens (tertiary/aromatic N) is 7. The van der Waals surface area contributed by atoms with Gasteiger partial charge in [0, 0.05) is 49.0 Å². The quantitative estimate of drug-likeness (QED) is 0.305. The van der Waals surface area contributed by atoms with Crippen LogP contribution in [0.25, 0.3) is 0 Å². The van der Waals surface area contributed by atoms with Gasteiger partial charge in [0.1, 0.15) is 0 Å². The van der Waals surface area contributed by atoms with Gasteiger partial charge in [-0.3, -0.25) is 10.1 Å². The number of hydrogen-bond donors (Lipinski definition) is 2. The number of aromatic nitrogens is 3. The third kappa shape index (κ3) is 6.11. The molecular weight excluding hydrogens is 446 g/mol. The number of non-ortho nitro benzene ring substituents is 1. The number of nitrogens with one attached hydrogen (secondary N) is 2. The molecule has 0 radical (unpaired) electrons. The maximum Gasteiger partial charge on any atom is 0.269 e. The van der Waals surface area contributed by atoms with Gasteiger partial charge < -0.3 is 15.1 Å². The molecule has 33 heavy (non-hydrogen) atoms. The summed E-state index contributed by atoms with van der Waals surface area (Å²) in [6.45, 7) is 3.35. The highest BCUT2D eigenvalue weighted by Gasteiger charge is 2.18. The van der Waals surface area contributed by atoms with E-state index in [-0.39, 0.29) is 11.6 Å². The van der Waals surface area contributed by atoms with Crippen LogP contribution in [0.2, 0.25) is 5.02 Å². The fraction of sp³-hybridized carbons (Fsp3) is 0.238. The molecule has 0 atom stereocenters. The summed E-state index contributed by atoms with van der Waals surface area (Å²) in [4.78, 5) is 28.2. The highest BCUT2D eigenvalue weighted by Crippen LogP contribution is 2.21. The lowest BCUT2D eigenvalue weighted by molar-refractivity contribution is -0.384. The smallest absolute Gasteiger partial charge is 0.269 e. The average Bonchev–Trinajstić information content (AvgIpc) is 2.80. The maximum atomic E-state index is 10.9. The Labute approximate surface area is 195 Å². The lowest BCUT2D eigenvalue weighted by Gasteiger charge is -2.32. The van der Waals surface area contributed by atoms with Crippen LogP contribution >= 0.6 is 11.6 Å². The first-order valence-electron chi connectivity index (χ1n) is 10.2. The molecule has 1 saturated heterocycles. The first-order valence-corrected chi connectivity index (χ1v) is 10.6. The Bertz CT molecular complexity index is 1150. The number of rotatable bonds is 7. The molecule has 12 heteroatoms. The number of nitro groups is 1. The Morgan fingerprint density at radius 3 is 2.48 bits per heavy atom. The van der Waals surface area contributed by atoms with E-state index >= 15 is 0 Å². The normalized spacial score (nSPS) is 14.4. The molecule has 1 aliphatic rings. The Hall–Kier alpha value is -3.83. The largest absolute Gasteiger partial charge is 0.338 e. The molecule has 0 spiro atoms. The zero-order valence-corrected chi connectivity index (χ0v) is 18.6. The van der Waals surface area contributed by atoms with Crippen LogP contribution in [0.3, 0.4) is 0 Å². The first-order chi connectivity index (χ1) is 16.0. The Kier molecular flexibility index (Phi) is 6.91. The zero-order chi connectivity index (χ0) is 23.2. The van der Waals surface area contributed by atoms with E-state index in [1.165, 1.54) is 12.1 Å². The highest BCUT2D eigenvalue weighted by atomic mass is 35.5. The Balaban J connectivity index is 1.56. The number of anilines is 4. The summed E-state index contributed by atoms with van der Waals surface area (Å²) >= 11 is 6.01. The number of likely N-dealkylation sites (N-methyl/N-ethyl adjacent to an activating group) is 1. The molecule has 1 aromatic heterocycles. The van der Waals surface area contributed by atoms with E-state index in [0.717, 1.165) is 31.7 Å². The van der Waals surface area contributed by atoms with E-state index in [1.807, 2.05) is 12.1 Å². The minimum Gasteiger partial charge on any atom is -0.338 e. The monoisotopic (exact) mass is 467 g/mol. The van der Waals surface area contributed by atoms with Crippen molar-refractivity contribution >= 4 is 47.0 Å². The van der Waals surface area contributed by atoms with Gasteiger partial charge in [-0.1, -0.05) is 23.7 Å². The molecule has 4 rings (SSSR count). The summed E-state index contributed by atoms with van der Waals surface area (Å²) in [5.74, 6) is 1.08. The molecule has 0 bridgehead atoms. The van der Waals surface area contributed by atoms with Crippen molar-refractivity contribution in [2.45, 2.75) is 0 Å². The van der Waals surface area contributed by atoms with Gasteiger partial charge in [-0.2, -0.15) is 20.1 Å². The molecule has 2 aromatic carbocycles. The highest BCUT2D eigenvalue weighted by molar-refractivity contribution is 6.30. The van der Waals surface area contributed by atoms with Crippen LogP contribution in [-0.4, -0.2) is 64.2 Å². The van der Waals surface area contributed by atoms with Gasteiger partial charge in [-0.15, -0.1) is 0 Å². The van der Waals surface area contributed by atoms with E-state index < -0.39 is 4.92 Å². The maximum absolute atomic E-state index is 10.9. The van der Waals surface area contributed by atoms with Crippen molar-refractivity contribution in [2.24, 2.45) is 5.10 Å². The number of piperazine rings is 1. The second-order valence-electron chi connectivity index (χ2n) is 7.43. The molecule has 0 saturated carbocycles. The third-order valence-corrected chi connectivity index (χ3v) is 5.21. The van der Waals surface area contributed by atoms with Crippen molar-refractivity contribution in [3.8, 4) is 0 Å². The lowest BCUT2D eigenvalue weighted by atomic mass is 10.2. The lowest BCUT2D eigenvalue weighted by Crippen LogP contribution is -2.45. The van der Waals surface area contributed by atoms with Gasteiger partial charge in [-0.25, -0.2) is 5.43 Å². The van der Waals surface area contributed by atoms with Crippen LogP contribution in [0.4, 0.5) is 29.2 Å². The standard InChI is InChI=1S/C21H22ClN9O2/c1-29-9-11-30(12-10-29)21-26-19(24-17-5-7-18(8-6-17)31(32)33)25-20(27-21)28-23-14-15-3-2-4-16(22)13-15/h2-8,13-14H,9-12H2,1H3,(H2,24,25,26,27,28). The van der Waals surface area contributed by atoms with Crippen LogP contribution in [-0.2, 0) is 0 Å². The van der Waals surface area contributed by atoms with Crippen LogP contribution in [0, 0.1) is 10.1 Å². The van der Waals surface area contributed by atoms with Gasteiger partial charge in [0.05, 0.1) is 11.1 Å². The minimum atomic E-state index is -0.446. The minimum absolute atomic E-state index is 0.00651. The molecule has 1 fully saturated rings. The number of hydrazone groups is 1. The fourth-order valence-electron chi connectivity index (χ4n) is 3.17. The SMILES string of the molecule is CN1CCN(c2nc(NN=Cc3cccc(Cl)c3)nc(Nc3ccc([N+](=O)[O-])cc3)n2)CC1. The summed E-state index contributed by atoms with van der Waals surface area (Å²) in [5.41, 5.74) is 4.30. The summed E-state index contributed by atoms with van der Waals surface area (Å²) in [5, 5.41) is 18.8. The van der Waals surface area contributed by atoms with E-state index in [1.54, 1.807) is 30.5 Å². The van der Waals surface area contributed by atoms with Crippen LogP contribution in [0.15, 0.2) is 53.6 Å². The van der Waals surface area contributed by atoms with Crippen molar-refractivity contribution in [3.63, 3.8) is 0 Å². The van der Waals surface area contributed by atoms with Crippen LogP contribution in [0.1, 0.15) is 5.56 Å². The molecule has 0 amide bonds. The number of halogens is 1. The number of nitro benzene ring substituents is 1. The molecule has 11 nitrogen and oxygen atoms in total. The molecular formula is C21H22ClN9O2. The predicted molar refractivity (Wildman–Crippen MR) is 129 cm³/mol. The van der Waals surface area contributed by atoms with Crippen molar-refractivity contribution in [3.05, 3.63) is 69.2 Å². The zero-order valence-electron chi connectivity index (χ0n) is 17.8. The molecule has 1 aliphatic heterocycles. The average molecular weight is 468 g/mol. The Morgan fingerprint density at radius 1 is 1.06 bits per heavy atom.